The van der Waals surface area contributed by atoms with Crippen LogP contribution in [0.3, 0.4) is 0 Å². The first kappa shape index (κ1) is 15.5. The first-order valence-electron chi connectivity index (χ1n) is 6.15. The number of anilines is 1. The van der Waals surface area contributed by atoms with Gasteiger partial charge in [-0.3, -0.25) is 9.52 Å². The molecule has 0 heterocycles. The molecule has 1 N–H and O–H groups in total. The van der Waals surface area contributed by atoms with Crippen LogP contribution in [0, 0.1) is 5.92 Å². The van der Waals surface area contributed by atoms with E-state index in [-0.39, 0.29) is 11.9 Å². The summed E-state index contributed by atoms with van der Waals surface area (Å²) in [7, 11) is -3.29. The summed E-state index contributed by atoms with van der Waals surface area (Å²) >= 11 is 0. The van der Waals surface area contributed by atoms with E-state index in [4.69, 9.17) is 4.74 Å². The molecular weight excluding hydrogens is 266 g/mol. The van der Waals surface area contributed by atoms with Crippen LogP contribution in [0.2, 0.25) is 0 Å². The summed E-state index contributed by atoms with van der Waals surface area (Å²) < 4.78 is 29.6. The molecule has 1 aromatic carbocycles. The highest BCUT2D eigenvalue weighted by Crippen LogP contribution is 2.19. The summed E-state index contributed by atoms with van der Waals surface area (Å²) in [6.45, 7) is 3.88. The molecule has 0 aliphatic carbocycles. The predicted octanol–water partition coefficient (Wildman–Crippen LogP) is 2.40. The van der Waals surface area contributed by atoms with E-state index in [0.717, 1.165) is 19.1 Å². The highest BCUT2D eigenvalue weighted by Gasteiger charge is 2.16. The van der Waals surface area contributed by atoms with E-state index in [1.165, 1.54) is 0 Å². The number of hydrogen-bond donors (Lipinski definition) is 1. The predicted molar refractivity (Wildman–Crippen MR) is 74.6 cm³/mol. The third kappa shape index (κ3) is 5.30. The Morgan fingerprint density at radius 2 is 1.74 bits per heavy atom. The number of benzene rings is 1. The lowest BCUT2D eigenvalue weighted by molar-refractivity contribution is -0.139. The molecule has 5 nitrogen and oxygen atoms in total. The van der Waals surface area contributed by atoms with Gasteiger partial charge in [0.1, 0.15) is 5.75 Å². The summed E-state index contributed by atoms with van der Waals surface area (Å²) in [6, 6.07) is 6.23. The maximum absolute atomic E-state index is 11.8. The molecule has 1 aromatic rings. The number of esters is 1. The largest absolute Gasteiger partial charge is 0.426 e. The summed E-state index contributed by atoms with van der Waals surface area (Å²) in [4.78, 5) is 11.8. The van der Waals surface area contributed by atoms with E-state index in [9.17, 15) is 13.2 Å². The van der Waals surface area contributed by atoms with E-state index in [1.807, 2.05) is 13.8 Å². The number of sulfonamides is 1. The van der Waals surface area contributed by atoms with E-state index in [0.29, 0.717) is 11.4 Å². The Bertz CT molecular complexity index is 518. The number of ether oxygens (including phenoxy) is 1. The van der Waals surface area contributed by atoms with Crippen molar-refractivity contribution >= 4 is 21.7 Å². The van der Waals surface area contributed by atoms with E-state index < -0.39 is 10.0 Å². The van der Waals surface area contributed by atoms with Gasteiger partial charge in [0.15, 0.2) is 0 Å². The van der Waals surface area contributed by atoms with Gasteiger partial charge in [-0.25, -0.2) is 8.42 Å². The molecule has 0 aromatic heterocycles. The Kier molecular flexibility index (Phi) is 5.35. The van der Waals surface area contributed by atoms with Crippen LogP contribution in [0.25, 0.3) is 0 Å². The van der Waals surface area contributed by atoms with Crippen molar-refractivity contribution in [3.05, 3.63) is 24.3 Å². The van der Waals surface area contributed by atoms with Crippen molar-refractivity contribution in [3.63, 3.8) is 0 Å². The van der Waals surface area contributed by atoms with Gasteiger partial charge >= 0.3 is 5.97 Å². The van der Waals surface area contributed by atoms with Gasteiger partial charge in [0.25, 0.3) is 0 Å². The first-order valence-corrected chi connectivity index (χ1v) is 8.04. The van der Waals surface area contributed by atoms with Gasteiger partial charge in [0.2, 0.25) is 10.0 Å². The molecule has 0 atom stereocenters. The monoisotopic (exact) mass is 285 g/mol. The minimum Gasteiger partial charge on any atom is -0.426 e. The van der Waals surface area contributed by atoms with Crippen molar-refractivity contribution in [2.75, 3.05) is 11.0 Å². The quantitative estimate of drug-likeness (QED) is 0.643. The van der Waals surface area contributed by atoms with Crippen LogP contribution in [0.15, 0.2) is 24.3 Å². The maximum Gasteiger partial charge on any atom is 0.314 e. The van der Waals surface area contributed by atoms with Crippen LogP contribution in [0.4, 0.5) is 5.69 Å². The van der Waals surface area contributed by atoms with Gasteiger partial charge in [-0.1, -0.05) is 13.8 Å². The first-order chi connectivity index (χ1) is 8.85. The fraction of sp³-hybridized carbons (Fsp3) is 0.462. The van der Waals surface area contributed by atoms with E-state index in [2.05, 4.69) is 4.72 Å². The van der Waals surface area contributed by atoms with Gasteiger partial charge in [0, 0.05) is 5.69 Å². The highest BCUT2D eigenvalue weighted by atomic mass is 32.2. The van der Waals surface area contributed by atoms with Gasteiger partial charge in [0.05, 0.1) is 12.2 Å². The zero-order chi connectivity index (χ0) is 14.5. The smallest absolute Gasteiger partial charge is 0.314 e. The van der Waals surface area contributed by atoms with Crippen molar-refractivity contribution in [3.8, 4) is 5.75 Å². The lowest BCUT2D eigenvalue weighted by atomic mass is 10.0. The molecule has 0 saturated carbocycles. The second-order valence-corrected chi connectivity index (χ2v) is 6.08. The Morgan fingerprint density at radius 1 is 1.21 bits per heavy atom. The Morgan fingerprint density at radius 3 is 2.16 bits per heavy atom. The van der Waals surface area contributed by atoms with Crippen molar-refractivity contribution in [1.29, 1.82) is 0 Å². The molecule has 0 saturated heterocycles. The lowest BCUT2D eigenvalue weighted by Crippen LogP contribution is -2.19. The molecule has 0 fully saturated rings. The number of carbonyl (C=O) groups is 1. The number of nitrogens with one attached hydrogen (secondary N) is 1. The fourth-order valence-corrected chi connectivity index (χ4v) is 2.19. The second kappa shape index (κ2) is 6.56. The number of carbonyl (C=O) groups excluding carboxylic acids is 1. The van der Waals surface area contributed by atoms with Crippen LogP contribution < -0.4 is 9.46 Å². The molecule has 0 amide bonds. The SMILES string of the molecule is CCC(CC)C(=O)Oc1ccc(NS(C)(=O)=O)cc1. The van der Waals surface area contributed by atoms with E-state index in [1.54, 1.807) is 24.3 Å². The minimum atomic E-state index is -3.29. The van der Waals surface area contributed by atoms with Crippen LogP contribution in [0.5, 0.6) is 5.75 Å². The molecule has 6 heteroatoms. The standard InChI is InChI=1S/C13H19NO4S/c1-4-10(5-2)13(15)18-12-8-6-11(7-9-12)14-19(3,16)17/h6-10,14H,4-5H2,1-3H3. The molecule has 0 unspecified atom stereocenters. The molecule has 0 bridgehead atoms. The van der Waals surface area contributed by atoms with E-state index >= 15 is 0 Å². The topological polar surface area (TPSA) is 72.5 Å². The van der Waals surface area contributed by atoms with Crippen molar-refractivity contribution in [2.24, 2.45) is 5.92 Å². The van der Waals surface area contributed by atoms with Gasteiger partial charge in [-0.05, 0) is 37.1 Å². The van der Waals surface area contributed by atoms with Crippen LogP contribution in [-0.4, -0.2) is 20.6 Å². The highest BCUT2D eigenvalue weighted by molar-refractivity contribution is 7.92. The second-order valence-electron chi connectivity index (χ2n) is 4.33. The van der Waals surface area contributed by atoms with Crippen LogP contribution in [0.1, 0.15) is 26.7 Å². The Hall–Kier alpha value is -1.56. The third-order valence-electron chi connectivity index (χ3n) is 2.69. The summed E-state index contributed by atoms with van der Waals surface area (Å²) in [5.74, 6) is 0.0543. The number of hydrogen-bond acceptors (Lipinski definition) is 4. The Balaban J connectivity index is 2.69. The van der Waals surface area contributed by atoms with Gasteiger partial charge in [-0.15, -0.1) is 0 Å². The number of rotatable bonds is 6. The van der Waals surface area contributed by atoms with Crippen molar-refractivity contribution in [2.45, 2.75) is 26.7 Å². The van der Waals surface area contributed by atoms with Crippen LogP contribution in [-0.2, 0) is 14.8 Å². The summed E-state index contributed by atoms with van der Waals surface area (Å²) in [6.07, 6.45) is 2.56. The normalized spacial score (nSPS) is 11.4. The Labute approximate surface area is 114 Å². The molecule has 0 aliphatic heterocycles. The molecule has 1 rings (SSSR count). The van der Waals surface area contributed by atoms with Gasteiger partial charge < -0.3 is 4.74 Å². The van der Waals surface area contributed by atoms with Gasteiger partial charge in [-0.2, -0.15) is 0 Å². The maximum atomic E-state index is 11.8. The van der Waals surface area contributed by atoms with Crippen molar-refractivity contribution < 1.29 is 17.9 Å². The molecule has 0 aliphatic rings. The average molecular weight is 285 g/mol. The summed E-state index contributed by atoms with van der Waals surface area (Å²) in [5.41, 5.74) is 0.435. The summed E-state index contributed by atoms with van der Waals surface area (Å²) in [5, 5.41) is 0. The fourth-order valence-electron chi connectivity index (χ4n) is 1.63. The lowest BCUT2D eigenvalue weighted by Gasteiger charge is -2.12. The third-order valence-corrected chi connectivity index (χ3v) is 3.30. The molecule has 0 radical (unpaired) electrons. The molecular formula is C13H19NO4S. The molecule has 106 valence electrons. The van der Waals surface area contributed by atoms with Crippen LogP contribution >= 0.6 is 0 Å². The average Bonchev–Trinajstić information content (AvgIpc) is 2.31. The molecule has 0 spiro atoms. The van der Waals surface area contributed by atoms with Crippen molar-refractivity contribution in [1.82, 2.24) is 0 Å². The zero-order valence-corrected chi connectivity index (χ0v) is 12.2. The minimum absolute atomic E-state index is 0.103. The molecule has 19 heavy (non-hydrogen) atoms. The zero-order valence-electron chi connectivity index (χ0n) is 11.3.